The second kappa shape index (κ2) is 4.67. The Labute approximate surface area is 94.6 Å². The second-order valence-corrected chi connectivity index (χ2v) is 4.14. The number of nitrogens with zero attached hydrogens (tertiary/aromatic N) is 1. The molecule has 1 saturated heterocycles. The summed E-state index contributed by atoms with van der Waals surface area (Å²) in [6.07, 6.45) is 1.31. The summed E-state index contributed by atoms with van der Waals surface area (Å²) in [4.78, 5) is 4.11. The van der Waals surface area contributed by atoms with E-state index in [4.69, 9.17) is 10.5 Å². The molecule has 2 rings (SSSR count). The molecule has 0 aliphatic carbocycles. The zero-order valence-corrected chi connectivity index (χ0v) is 9.15. The van der Waals surface area contributed by atoms with Gasteiger partial charge in [0.05, 0.1) is 5.60 Å². The number of hydrogen-bond donors (Lipinski definition) is 3. The van der Waals surface area contributed by atoms with Crippen LogP contribution in [0.3, 0.4) is 0 Å². The largest absolute Gasteiger partial charge is 0.388 e. The van der Waals surface area contributed by atoms with Crippen molar-refractivity contribution >= 4 is 11.6 Å². The van der Waals surface area contributed by atoms with Crippen molar-refractivity contribution in [2.75, 3.05) is 30.8 Å². The molecule has 1 aromatic rings. The lowest BCUT2D eigenvalue weighted by molar-refractivity contribution is -0.0543. The quantitative estimate of drug-likeness (QED) is 0.700. The summed E-state index contributed by atoms with van der Waals surface area (Å²) in [7, 11) is 0. The van der Waals surface area contributed by atoms with E-state index in [1.54, 1.807) is 6.07 Å². The maximum atomic E-state index is 10.2. The molecule has 0 unspecified atom stereocenters. The monoisotopic (exact) mass is 223 g/mol. The van der Waals surface area contributed by atoms with Crippen LogP contribution in [0.5, 0.6) is 0 Å². The first-order valence-electron chi connectivity index (χ1n) is 5.45. The lowest BCUT2D eigenvalue weighted by atomic mass is 9.94. The van der Waals surface area contributed by atoms with Gasteiger partial charge in [-0.25, -0.2) is 4.98 Å². The van der Waals surface area contributed by atoms with Crippen molar-refractivity contribution in [1.82, 2.24) is 4.98 Å². The standard InChI is InChI=1S/C11H17N3O2/c12-9-2-1-3-10(14-9)13-8-11(15)4-6-16-7-5-11/h1-3,15H,4-8H2,(H3,12,13,14). The van der Waals surface area contributed by atoms with Gasteiger partial charge in [-0.15, -0.1) is 0 Å². The minimum Gasteiger partial charge on any atom is -0.388 e. The predicted molar refractivity (Wildman–Crippen MR) is 62.1 cm³/mol. The highest BCUT2D eigenvalue weighted by Crippen LogP contribution is 2.20. The molecule has 1 aliphatic rings. The van der Waals surface area contributed by atoms with Crippen LogP contribution >= 0.6 is 0 Å². The van der Waals surface area contributed by atoms with E-state index in [9.17, 15) is 5.11 Å². The molecular weight excluding hydrogens is 206 g/mol. The first kappa shape index (κ1) is 11.2. The number of nitrogens with one attached hydrogen (secondary N) is 1. The Bertz CT molecular complexity index is 351. The molecule has 16 heavy (non-hydrogen) atoms. The summed E-state index contributed by atoms with van der Waals surface area (Å²) < 4.78 is 5.21. The van der Waals surface area contributed by atoms with Crippen LogP contribution in [0.2, 0.25) is 0 Å². The van der Waals surface area contributed by atoms with Crippen molar-refractivity contribution in [3.8, 4) is 0 Å². The molecule has 0 spiro atoms. The van der Waals surface area contributed by atoms with E-state index in [0.717, 1.165) is 0 Å². The molecule has 5 heteroatoms. The number of anilines is 2. The van der Waals surface area contributed by atoms with Crippen LogP contribution in [0.15, 0.2) is 18.2 Å². The van der Waals surface area contributed by atoms with Gasteiger partial charge in [-0.3, -0.25) is 0 Å². The zero-order chi connectivity index (χ0) is 11.4. The highest BCUT2D eigenvalue weighted by Gasteiger charge is 2.29. The van der Waals surface area contributed by atoms with Gasteiger partial charge in [0, 0.05) is 32.6 Å². The van der Waals surface area contributed by atoms with E-state index >= 15 is 0 Å². The average Bonchev–Trinajstić information content (AvgIpc) is 2.28. The van der Waals surface area contributed by atoms with Crippen molar-refractivity contribution in [1.29, 1.82) is 0 Å². The van der Waals surface area contributed by atoms with Crippen molar-refractivity contribution in [3.63, 3.8) is 0 Å². The number of nitrogen functional groups attached to an aromatic ring is 1. The summed E-state index contributed by atoms with van der Waals surface area (Å²) in [6.45, 7) is 1.71. The summed E-state index contributed by atoms with van der Waals surface area (Å²) in [6, 6.07) is 5.39. The van der Waals surface area contributed by atoms with E-state index in [1.807, 2.05) is 12.1 Å². The molecule has 1 aromatic heterocycles. The summed E-state index contributed by atoms with van der Waals surface area (Å²) in [5.41, 5.74) is 4.88. The van der Waals surface area contributed by atoms with Crippen LogP contribution in [0.25, 0.3) is 0 Å². The fourth-order valence-electron chi connectivity index (χ4n) is 1.73. The predicted octanol–water partition coefficient (Wildman–Crippen LogP) is 0.617. The highest BCUT2D eigenvalue weighted by molar-refractivity contribution is 5.42. The van der Waals surface area contributed by atoms with Crippen LogP contribution in [-0.2, 0) is 4.74 Å². The van der Waals surface area contributed by atoms with Gasteiger partial charge in [-0.05, 0) is 12.1 Å². The summed E-state index contributed by atoms with van der Waals surface area (Å²) in [5.74, 6) is 1.17. The topological polar surface area (TPSA) is 80.4 Å². The Morgan fingerprint density at radius 1 is 1.44 bits per heavy atom. The van der Waals surface area contributed by atoms with Gasteiger partial charge in [0.15, 0.2) is 0 Å². The van der Waals surface area contributed by atoms with Crippen molar-refractivity contribution in [3.05, 3.63) is 18.2 Å². The minimum absolute atomic E-state index is 0.476. The molecular formula is C11H17N3O2. The van der Waals surface area contributed by atoms with Crippen molar-refractivity contribution < 1.29 is 9.84 Å². The van der Waals surface area contributed by atoms with E-state index in [1.165, 1.54) is 0 Å². The van der Waals surface area contributed by atoms with Gasteiger partial charge >= 0.3 is 0 Å². The normalized spacial score (nSPS) is 19.3. The van der Waals surface area contributed by atoms with Gasteiger partial charge in [-0.2, -0.15) is 0 Å². The zero-order valence-electron chi connectivity index (χ0n) is 9.15. The van der Waals surface area contributed by atoms with Crippen LogP contribution in [0.1, 0.15) is 12.8 Å². The van der Waals surface area contributed by atoms with E-state index in [-0.39, 0.29) is 0 Å². The molecule has 0 aromatic carbocycles. The maximum absolute atomic E-state index is 10.2. The van der Waals surface area contributed by atoms with Gasteiger partial charge in [-0.1, -0.05) is 6.07 Å². The maximum Gasteiger partial charge on any atom is 0.128 e. The van der Waals surface area contributed by atoms with E-state index < -0.39 is 5.60 Å². The first-order valence-corrected chi connectivity index (χ1v) is 5.45. The molecule has 5 nitrogen and oxygen atoms in total. The third kappa shape index (κ3) is 2.84. The summed E-state index contributed by atoms with van der Waals surface area (Å²) in [5, 5.41) is 13.3. The molecule has 0 amide bonds. The number of nitrogens with two attached hydrogens (primary N) is 1. The Morgan fingerprint density at radius 2 is 2.19 bits per heavy atom. The number of aromatic nitrogens is 1. The molecule has 2 heterocycles. The molecule has 1 aliphatic heterocycles. The Morgan fingerprint density at radius 3 is 2.88 bits per heavy atom. The Balaban J connectivity index is 1.91. The Kier molecular flexibility index (Phi) is 3.26. The first-order chi connectivity index (χ1) is 7.68. The van der Waals surface area contributed by atoms with Gasteiger partial charge in [0.1, 0.15) is 11.6 Å². The van der Waals surface area contributed by atoms with Gasteiger partial charge < -0.3 is 20.9 Å². The molecule has 4 N–H and O–H groups in total. The number of rotatable bonds is 3. The van der Waals surface area contributed by atoms with Crippen molar-refractivity contribution in [2.45, 2.75) is 18.4 Å². The third-order valence-corrected chi connectivity index (χ3v) is 2.79. The highest BCUT2D eigenvalue weighted by atomic mass is 16.5. The SMILES string of the molecule is Nc1cccc(NCC2(O)CCOCC2)n1. The smallest absolute Gasteiger partial charge is 0.128 e. The second-order valence-electron chi connectivity index (χ2n) is 4.14. The third-order valence-electron chi connectivity index (χ3n) is 2.79. The molecule has 0 bridgehead atoms. The molecule has 1 fully saturated rings. The Hall–Kier alpha value is -1.33. The van der Waals surface area contributed by atoms with Crippen LogP contribution in [0.4, 0.5) is 11.6 Å². The molecule has 0 radical (unpaired) electrons. The van der Waals surface area contributed by atoms with E-state index in [2.05, 4.69) is 10.3 Å². The molecule has 0 atom stereocenters. The average molecular weight is 223 g/mol. The lowest BCUT2D eigenvalue weighted by Gasteiger charge is -2.32. The number of hydrogen-bond acceptors (Lipinski definition) is 5. The lowest BCUT2D eigenvalue weighted by Crippen LogP contribution is -2.42. The fraction of sp³-hybridized carbons (Fsp3) is 0.545. The summed E-state index contributed by atoms with van der Waals surface area (Å²) >= 11 is 0. The molecule has 0 saturated carbocycles. The molecule has 88 valence electrons. The van der Waals surface area contributed by atoms with E-state index in [0.29, 0.717) is 44.2 Å². The number of aliphatic hydroxyl groups is 1. The fourth-order valence-corrected chi connectivity index (χ4v) is 1.73. The van der Waals surface area contributed by atoms with Gasteiger partial charge in [0.2, 0.25) is 0 Å². The van der Waals surface area contributed by atoms with Crippen LogP contribution in [-0.4, -0.2) is 35.5 Å². The number of pyridine rings is 1. The minimum atomic E-state index is -0.690. The van der Waals surface area contributed by atoms with Crippen LogP contribution < -0.4 is 11.1 Å². The van der Waals surface area contributed by atoms with Gasteiger partial charge in [0.25, 0.3) is 0 Å². The van der Waals surface area contributed by atoms with Crippen molar-refractivity contribution in [2.24, 2.45) is 0 Å². The number of ether oxygens (including phenoxy) is 1. The van der Waals surface area contributed by atoms with Crippen LogP contribution in [0, 0.1) is 0 Å².